The first-order valence-electron chi connectivity index (χ1n) is 6.30. The third-order valence-electron chi connectivity index (χ3n) is 3.62. The van der Waals surface area contributed by atoms with Gasteiger partial charge >= 0.3 is 5.97 Å². The molecule has 5 N–H and O–H groups in total. The van der Waals surface area contributed by atoms with Gasteiger partial charge in [-0.05, 0) is 45.1 Å². The van der Waals surface area contributed by atoms with Gasteiger partial charge in [0.05, 0.1) is 6.54 Å². The normalized spacial score (nSPS) is 27.3. The number of nitrogens with two attached hydrogens (primary N) is 1. The van der Waals surface area contributed by atoms with Crippen LogP contribution in [0, 0.1) is 11.8 Å². The van der Waals surface area contributed by atoms with Crippen molar-refractivity contribution in [1.82, 2.24) is 5.32 Å². The molecule has 0 spiro atoms. The highest BCUT2D eigenvalue weighted by Crippen LogP contribution is 2.28. The summed E-state index contributed by atoms with van der Waals surface area (Å²) in [6.07, 6.45) is 3.43. The molecule has 0 aromatic carbocycles. The fraction of sp³-hybridized carbons (Fsp3) is 0.833. The predicted molar refractivity (Wildman–Crippen MR) is 65.8 cm³/mol. The summed E-state index contributed by atoms with van der Waals surface area (Å²) < 4.78 is 0. The van der Waals surface area contributed by atoms with Crippen LogP contribution in [0.25, 0.3) is 0 Å². The largest absolute Gasteiger partial charge is 0.479 e. The highest BCUT2D eigenvalue weighted by atomic mass is 16.4. The Hall–Kier alpha value is -1.14. The van der Waals surface area contributed by atoms with E-state index >= 15 is 0 Å². The van der Waals surface area contributed by atoms with Gasteiger partial charge in [-0.2, -0.15) is 0 Å². The van der Waals surface area contributed by atoms with E-state index in [-0.39, 0.29) is 18.4 Å². The van der Waals surface area contributed by atoms with E-state index in [0.29, 0.717) is 12.5 Å². The molecular weight excluding hydrogens is 236 g/mol. The van der Waals surface area contributed by atoms with Crippen molar-refractivity contribution < 1.29 is 19.8 Å². The third-order valence-corrected chi connectivity index (χ3v) is 3.62. The van der Waals surface area contributed by atoms with Crippen LogP contribution in [-0.2, 0) is 9.59 Å². The number of rotatable bonds is 5. The first-order valence-corrected chi connectivity index (χ1v) is 6.30. The molecule has 1 rings (SSSR count). The van der Waals surface area contributed by atoms with Crippen molar-refractivity contribution in [2.75, 3.05) is 13.1 Å². The maximum atomic E-state index is 11.8. The maximum Gasteiger partial charge on any atom is 0.337 e. The van der Waals surface area contributed by atoms with E-state index in [4.69, 9.17) is 10.8 Å². The number of carbonyl (C=O) groups is 2. The molecule has 0 aromatic heterocycles. The number of aliphatic carboxylic acids is 1. The molecule has 1 saturated carbocycles. The molecule has 104 valence electrons. The van der Waals surface area contributed by atoms with Gasteiger partial charge in [0.25, 0.3) is 0 Å². The molecule has 0 aliphatic heterocycles. The van der Waals surface area contributed by atoms with E-state index in [2.05, 4.69) is 5.32 Å². The van der Waals surface area contributed by atoms with Crippen molar-refractivity contribution in [2.45, 2.75) is 38.2 Å². The minimum Gasteiger partial charge on any atom is -0.479 e. The average Bonchev–Trinajstić information content (AvgIpc) is 2.36. The molecular formula is C12H22N2O4. The Morgan fingerprint density at radius 1 is 1.33 bits per heavy atom. The molecule has 1 fully saturated rings. The average molecular weight is 258 g/mol. The van der Waals surface area contributed by atoms with Crippen LogP contribution >= 0.6 is 0 Å². The first kappa shape index (κ1) is 14.9. The summed E-state index contributed by atoms with van der Waals surface area (Å²) in [5.41, 5.74) is 3.66. The van der Waals surface area contributed by atoms with Crippen molar-refractivity contribution in [1.29, 1.82) is 0 Å². The van der Waals surface area contributed by atoms with Gasteiger partial charge in [-0.25, -0.2) is 4.79 Å². The van der Waals surface area contributed by atoms with Crippen LogP contribution in [0.4, 0.5) is 0 Å². The van der Waals surface area contributed by atoms with Gasteiger partial charge in [-0.1, -0.05) is 0 Å². The molecule has 1 aliphatic rings. The Bertz CT molecular complexity index is 309. The van der Waals surface area contributed by atoms with E-state index in [9.17, 15) is 14.7 Å². The third kappa shape index (κ3) is 3.96. The number of carbonyl (C=O) groups excluding carboxylic acids is 1. The monoisotopic (exact) mass is 258 g/mol. The van der Waals surface area contributed by atoms with E-state index in [0.717, 1.165) is 25.7 Å². The van der Waals surface area contributed by atoms with Crippen molar-refractivity contribution in [3.63, 3.8) is 0 Å². The lowest BCUT2D eigenvalue weighted by Crippen LogP contribution is -2.48. The lowest BCUT2D eigenvalue weighted by atomic mass is 9.81. The fourth-order valence-electron chi connectivity index (χ4n) is 2.14. The zero-order valence-electron chi connectivity index (χ0n) is 10.7. The zero-order valence-corrected chi connectivity index (χ0v) is 10.7. The SMILES string of the molecule is CC(O)(CNC(=O)C1CCC(CN)CC1)C(=O)O. The van der Waals surface area contributed by atoms with Crippen LogP contribution in [0.2, 0.25) is 0 Å². The number of nitrogens with one attached hydrogen (secondary N) is 1. The summed E-state index contributed by atoms with van der Waals surface area (Å²) in [6, 6.07) is 0. The van der Waals surface area contributed by atoms with Gasteiger partial charge in [0.1, 0.15) is 0 Å². The van der Waals surface area contributed by atoms with E-state index in [1.807, 2.05) is 0 Å². The molecule has 18 heavy (non-hydrogen) atoms. The molecule has 6 nitrogen and oxygen atoms in total. The predicted octanol–water partition coefficient (Wildman–Crippen LogP) is -0.297. The summed E-state index contributed by atoms with van der Waals surface area (Å²) in [6.45, 7) is 1.56. The molecule has 1 amide bonds. The second kappa shape index (κ2) is 6.15. The molecule has 0 saturated heterocycles. The molecule has 1 unspecified atom stereocenters. The lowest BCUT2D eigenvalue weighted by Gasteiger charge is -2.27. The minimum atomic E-state index is -1.91. The summed E-state index contributed by atoms with van der Waals surface area (Å²) in [4.78, 5) is 22.5. The van der Waals surface area contributed by atoms with E-state index in [1.54, 1.807) is 0 Å². The fourth-order valence-corrected chi connectivity index (χ4v) is 2.14. The standard InChI is InChI=1S/C12H22N2O4/c1-12(18,11(16)17)7-14-10(15)9-4-2-8(6-13)3-5-9/h8-9,18H,2-7,13H2,1H3,(H,14,15)(H,16,17). The van der Waals surface area contributed by atoms with Crippen LogP contribution in [0.1, 0.15) is 32.6 Å². The summed E-state index contributed by atoms with van der Waals surface area (Å²) >= 11 is 0. The van der Waals surface area contributed by atoms with Crippen LogP contribution in [-0.4, -0.2) is 40.8 Å². The van der Waals surface area contributed by atoms with Crippen molar-refractivity contribution in [2.24, 2.45) is 17.6 Å². The van der Waals surface area contributed by atoms with E-state index in [1.165, 1.54) is 6.92 Å². The van der Waals surface area contributed by atoms with Crippen molar-refractivity contribution >= 4 is 11.9 Å². The van der Waals surface area contributed by atoms with Gasteiger partial charge in [0.2, 0.25) is 5.91 Å². The molecule has 0 heterocycles. The molecule has 0 bridgehead atoms. The number of carboxylic acid groups (broad SMARTS) is 1. The molecule has 6 heteroatoms. The molecule has 1 atom stereocenters. The van der Waals surface area contributed by atoms with Crippen LogP contribution in [0.5, 0.6) is 0 Å². The van der Waals surface area contributed by atoms with Crippen molar-refractivity contribution in [3.8, 4) is 0 Å². The van der Waals surface area contributed by atoms with Gasteiger partial charge in [0, 0.05) is 5.92 Å². The quantitative estimate of drug-likeness (QED) is 0.541. The Morgan fingerprint density at radius 2 is 1.89 bits per heavy atom. The molecule has 1 aliphatic carbocycles. The number of carboxylic acids is 1. The van der Waals surface area contributed by atoms with E-state index < -0.39 is 11.6 Å². The van der Waals surface area contributed by atoms with Crippen LogP contribution < -0.4 is 11.1 Å². The maximum absolute atomic E-state index is 11.8. The number of hydrogen-bond donors (Lipinski definition) is 4. The Morgan fingerprint density at radius 3 is 2.33 bits per heavy atom. The van der Waals surface area contributed by atoms with Gasteiger partial charge in [-0.15, -0.1) is 0 Å². The highest BCUT2D eigenvalue weighted by Gasteiger charge is 2.32. The van der Waals surface area contributed by atoms with Crippen LogP contribution in [0.15, 0.2) is 0 Å². The van der Waals surface area contributed by atoms with Gasteiger partial charge in [0.15, 0.2) is 5.60 Å². The molecule has 0 radical (unpaired) electrons. The van der Waals surface area contributed by atoms with Gasteiger partial charge in [-0.3, -0.25) is 4.79 Å². The number of aliphatic hydroxyl groups is 1. The lowest BCUT2D eigenvalue weighted by molar-refractivity contribution is -0.156. The zero-order chi connectivity index (χ0) is 13.8. The van der Waals surface area contributed by atoms with Crippen LogP contribution in [0.3, 0.4) is 0 Å². The minimum absolute atomic E-state index is 0.0857. The number of amides is 1. The van der Waals surface area contributed by atoms with Gasteiger partial charge < -0.3 is 21.3 Å². The Balaban J connectivity index is 2.36. The Labute approximate surface area is 107 Å². The second-order valence-corrected chi connectivity index (χ2v) is 5.25. The summed E-state index contributed by atoms with van der Waals surface area (Å²) in [5, 5.41) is 20.7. The Kier molecular flexibility index (Phi) is 5.10. The highest BCUT2D eigenvalue weighted by molar-refractivity contribution is 5.81. The summed E-state index contributed by atoms with van der Waals surface area (Å²) in [7, 11) is 0. The second-order valence-electron chi connectivity index (χ2n) is 5.25. The smallest absolute Gasteiger partial charge is 0.337 e. The summed E-state index contributed by atoms with van der Waals surface area (Å²) in [5.74, 6) is -1.10. The van der Waals surface area contributed by atoms with Crippen molar-refractivity contribution in [3.05, 3.63) is 0 Å². The number of hydrogen-bond acceptors (Lipinski definition) is 4. The molecule has 0 aromatic rings. The topological polar surface area (TPSA) is 113 Å². The first-order chi connectivity index (χ1) is 8.36.